The number of anilines is 1. The van der Waals surface area contributed by atoms with Crippen LogP contribution in [-0.4, -0.2) is 26.9 Å². The third-order valence-corrected chi connectivity index (χ3v) is 7.34. The number of benzene rings is 2. The van der Waals surface area contributed by atoms with E-state index < -0.39 is 10.0 Å². The van der Waals surface area contributed by atoms with Gasteiger partial charge in [-0.2, -0.15) is 0 Å². The van der Waals surface area contributed by atoms with Crippen molar-refractivity contribution in [1.82, 2.24) is 4.72 Å². The number of sulfonamides is 1. The number of nitrogens with one attached hydrogen (secondary N) is 1. The zero-order chi connectivity index (χ0) is 19.9. The van der Waals surface area contributed by atoms with Crippen molar-refractivity contribution in [2.45, 2.75) is 56.4 Å². The van der Waals surface area contributed by atoms with E-state index in [0.29, 0.717) is 0 Å². The van der Waals surface area contributed by atoms with Gasteiger partial charge in [-0.25, -0.2) is 13.1 Å². The molecule has 0 radical (unpaired) electrons. The highest BCUT2D eigenvalue weighted by atomic mass is 32.2. The summed E-state index contributed by atoms with van der Waals surface area (Å²) in [5.41, 5.74) is 3.96. The standard InChI is InChI=1S/C22H26N2O3S/c1-15(10-11-17-7-4-3-5-8-17)23-28(26,27)19-13-18-9-6-12-24-21(18)20(14-19)16(2)22(24)25/h3-5,7-8,13-16,23H,6,9-12H2,1-2H3. The summed E-state index contributed by atoms with van der Waals surface area (Å²) in [5.74, 6) is -0.202. The first-order chi connectivity index (χ1) is 13.4. The molecule has 2 aliphatic rings. The number of aryl methyl sites for hydroxylation is 2. The zero-order valence-corrected chi connectivity index (χ0v) is 17.1. The fraction of sp³-hybridized carbons (Fsp3) is 0.409. The smallest absolute Gasteiger partial charge is 0.240 e. The molecule has 0 spiro atoms. The van der Waals surface area contributed by atoms with Gasteiger partial charge in [-0.1, -0.05) is 30.3 Å². The molecular weight excluding hydrogens is 372 g/mol. The topological polar surface area (TPSA) is 66.5 Å². The van der Waals surface area contributed by atoms with Crippen LogP contribution in [0, 0.1) is 0 Å². The molecule has 0 bridgehead atoms. The minimum absolute atomic E-state index is 0.0784. The van der Waals surface area contributed by atoms with E-state index >= 15 is 0 Å². The third-order valence-electron chi connectivity index (χ3n) is 5.77. The highest BCUT2D eigenvalue weighted by Gasteiger charge is 2.38. The van der Waals surface area contributed by atoms with Crippen LogP contribution in [0.15, 0.2) is 47.4 Å². The number of carbonyl (C=O) groups excluding carboxylic acids is 1. The number of nitrogens with zero attached hydrogens (tertiary/aromatic N) is 1. The fourth-order valence-corrected chi connectivity index (χ4v) is 5.60. The lowest BCUT2D eigenvalue weighted by molar-refractivity contribution is -0.119. The second kappa shape index (κ2) is 7.33. The van der Waals surface area contributed by atoms with E-state index in [2.05, 4.69) is 16.9 Å². The van der Waals surface area contributed by atoms with Crippen molar-refractivity contribution in [2.75, 3.05) is 11.4 Å². The van der Waals surface area contributed by atoms with Gasteiger partial charge in [0.15, 0.2) is 0 Å². The van der Waals surface area contributed by atoms with Crippen LogP contribution in [0.1, 0.15) is 49.3 Å². The Labute approximate surface area is 166 Å². The molecule has 2 aliphatic heterocycles. The van der Waals surface area contributed by atoms with E-state index in [1.807, 2.05) is 36.9 Å². The molecule has 2 heterocycles. The summed E-state index contributed by atoms with van der Waals surface area (Å²) in [5, 5.41) is 0. The normalized spacial score (nSPS) is 19.6. The van der Waals surface area contributed by atoms with Crippen LogP contribution in [0.3, 0.4) is 0 Å². The van der Waals surface area contributed by atoms with Gasteiger partial charge in [0.1, 0.15) is 0 Å². The molecule has 2 unspecified atom stereocenters. The maximum atomic E-state index is 13.0. The number of hydrogen-bond donors (Lipinski definition) is 1. The van der Waals surface area contributed by atoms with Gasteiger partial charge in [0.05, 0.1) is 16.5 Å². The van der Waals surface area contributed by atoms with Crippen molar-refractivity contribution in [3.8, 4) is 0 Å². The van der Waals surface area contributed by atoms with Crippen molar-refractivity contribution >= 4 is 21.6 Å². The zero-order valence-electron chi connectivity index (χ0n) is 16.3. The molecule has 0 saturated heterocycles. The molecule has 148 valence electrons. The van der Waals surface area contributed by atoms with E-state index in [4.69, 9.17) is 0 Å². The van der Waals surface area contributed by atoms with Crippen molar-refractivity contribution in [3.63, 3.8) is 0 Å². The van der Waals surface area contributed by atoms with Crippen LogP contribution in [0.25, 0.3) is 0 Å². The average Bonchev–Trinajstić information content (AvgIpc) is 2.93. The van der Waals surface area contributed by atoms with Gasteiger partial charge in [-0.3, -0.25) is 4.79 Å². The van der Waals surface area contributed by atoms with Crippen LogP contribution >= 0.6 is 0 Å². The number of rotatable bonds is 6. The molecule has 2 aromatic rings. The molecule has 28 heavy (non-hydrogen) atoms. The van der Waals surface area contributed by atoms with Gasteiger partial charge in [0.2, 0.25) is 15.9 Å². The van der Waals surface area contributed by atoms with Gasteiger partial charge in [-0.15, -0.1) is 0 Å². The van der Waals surface area contributed by atoms with E-state index in [9.17, 15) is 13.2 Å². The summed E-state index contributed by atoms with van der Waals surface area (Å²) in [7, 11) is -3.63. The molecule has 1 N–H and O–H groups in total. The third kappa shape index (κ3) is 3.47. The average molecular weight is 399 g/mol. The van der Waals surface area contributed by atoms with E-state index in [0.717, 1.165) is 49.0 Å². The first-order valence-corrected chi connectivity index (χ1v) is 11.4. The van der Waals surface area contributed by atoms with Crippen LogP contribution in [0.4, 0.5) is 5.69 Å². The maximum absolute atomic E-state index is 13.0. The van der Waals surface area contributed by atoms with Crippen LogP contribution < -0.4 is 9.62 Å². The Balaban J connectivity index is 1.54. The van der Waals surface area contributed by atoms with Crippen molar-refractivity contribution < 1.29 is 13.2 Å². The second-order valence-electron chi connectivity index (χ2n) is 7.88. The molecule has 0 aliphatic carbocycles. The molecule has 0 saturated carbocycles. The minimum Gasteiger partial charge on any atom is -0.311 e. The molecule has 2 aromatic carbocycles. The largest absolute Gasteiger partial charge is 0.311 e. The fourth-order valence-electron chi connectivity index (χ4n) is 4.24. The Morgan fingerprint density at radius 2 is 1.96 bits per heavy atom. The summed E-state index contributed by atoms with van der Waals surface area (Å²) in [6, 6.07) is 13.3. The molecule has 2 atom stereocenters. The first kappa shape index (κ1) is 19.2. The van der Waals surface area contributed by atoms with Crippen molar-refractivity contribution in [3.05, 3.63) is 59.2 Å². The molecule has 0 aromatic heterocycles. The predicted molar refractivity (Wildman–Crippen MR) is 110 cm³/mol. The van der Waals surface area contributed by atoms with Gasteiger partial charge < -0.3 is 4.90 Å². The lowest BCUT2D eigenvalue weighted by atomic mass is 9.97. The number of carbonyl (C=O) groups is 1. The van der Waals surface area contributed by atoms with E-state index in [1.165, 1.54) is 5.56 Å². The lowest BCUT2D eigenvalue weighted by Gasteiger charge is -2.26. The quantitative estimate of drug-likeness (QED) is 0.811. The Hall–Kier alpha value is -2.18. The highest BCUT2D eigenvalue weighted by molar-refractivity contribution is 7.89. The Kier molecular flexibility index (Phi) is 5.02. The molecular formula is C22H26N2O3S. The summed E-state index contributed by atoms with van der Waals surface area (Å²) < 4.78 is 28.8. The van der Waals surface area contributed by atoms with Gasteiger partial charge in [0, 0.05) is 12.6 Å². The van der Waals surface area contributed by atoms with Crippen molar-refractivity contribution in [2.24, 2.45) is 0 Å². The molecule has 0 fully saturated rings. The maximum Gasteiger partial charge on any atom is 0.240 e. The predicted octanol–water partition coefficient (Wildman–Crippen LogP) is 3.38. The summed E-state index contributed by atoms with van der Waals surface area (Å²) in [6.45, 7) is 4.48. The Morgan fingerprint density at radius 1 is 1.21 bits per heavy atom. The van der Waals surface area contributed by atoms with Gasteiger partial charge >= 0.3 is 0 Å². The molecule has 4 rings (SSSR count). The van der Waals surface area contributed by atoms with Crippen LogP contribution in [0.5, 0.6) is 0 Å². The monoisotopic (exact) mass is 398 g/mol. The summed E-state index contributed by atoms with van der Waals surface area (Å²) >= 11 is 0. The highest BCUT2D eigenvalue weighted by Crippen LogP contribution is 2.43. The number of hydrogen-bond acceptors (Lipinski definition) is 3. The SMILES string of the molecule is CC(CCc1ccccc1)NS(=O)(=O)c1cc2c3c(c1)C(C)C(=O)N3CCC2. The van der Waals surface area contributed by atoms with Crippen LogP contribution in [-0.2, 0) is 27.7 Å². The second-order valence-corrected chi connectivity index (χ2v) is 9.60. The lowest BCUT2D eigenvalue weighted by Crippen LogP contribution is -2.33. The molecule has 6 heteroatoms. The van der Waals surface area contributed by atoms with Crippen molar-refractivity contribution in [1.29, 1.82) is 0 Å². The van der Waals surface area contributed by atoms with Gasteiger partial charge in [0.25, 0.3) is 0 Å². The molecule has 5 nitrogen and oxygen atoms in total. The Morgan fingerprint density at radius 3 is 2.71 bits per heavy atom. The first-order valence-electron chi connectivity index (χ1n) is 9.91. The minimum atomic E-state index is -3.63. The van der Waals surface area contributed by atoms with E-state index in [1.54, 1.807) is 12.1 Å². The summed E-state index contributed by atoms with van der Waals surface area (Å²) in [4.78, 5) is 14.6. The summed E-state index contributed by atoms with van der Waals surface area (Å²) in [6.07, 6.45) is 3.23. The van der Waals surface area contributed by atoms with E-state index in [-0.39, 0.29) is 22.8 Å². The van der Waals surface area contributed by atoms with Crippen LogP contribution in [0.2, 0.25) is 0 Å². The number of amides is 1. The Bertz CT molecular complexity index is 1000. The van der Waals surface area contributed by atoms with Gasteiger partial charge in [-0.05, 0) is 68.4 Å². The molecule has 1 amide bonds.